The van der Waals surface area contributed by atoms with Crippen LogP contribution in [0.25, 0.3) is 101 Å². The predicted molar refractivity (Wildman–Crippen MR) is 575 cm³/mol. The van der Waals surface area contributed by atoms with Gasteiger partial charge in [-0.25, -0.2) is 37.3 Å². The van der Waals surface area contributed by atoms with E-state index in [0.29, 0.717) is 92.2 Å². The molecular weight excluding hydrogens is 1920 g/mol. The van der Waals surface area contributed by atoms with Crippen LogP contribution in [0.1, 0.15) is 74.9 Å². The van der Waals surface area contributed by atoms with Gasteiger partial charge < -0.3 is 70.8 Å². The lowest BCUT2D eigenvalue weighted by Gasteiger charge is -2.26. The van der Waals surface area contributed by atoms with Crippen LogP contribution in [0.2, 0.25) is 0 Å². The summed E-state index contributed by atoms with van der Waals surface area (Å²) in [6.07, 6.45) is 10.5. The Kier molecular flexibility index (Phi) is 30.2. The zero-order valence-corrected chi connectivity index (χ0v) is 82.7. The lowest BCUT2D eigenvalue weighted by atomic mass is 9.99. The molecule has 758 valence electrons. The summed E-state index contributed by atoms with van der Waals surface area (Å²) in [4.78, 5) is 99.1. The van der Waals surface area contributed by atoms with Crippen LogP contribution in [0.3, 0.4) is 0 Å². The molecule has 38 nitrogen and oxygen atoms in total. The quantitative estimate of drug-likeness (QED) is 0.0217. The third kappa shape index (κ3) is 23.7. The summed E-state index contributed by atoms with van der Waals surface area (Å²) in [5.74, 6) is 1.10. The number of fused-ring (bicyclic) bond motifs is 4. The number of ether oxygens (including phenoxy) is 4. The van der Waals surface area contributed by atoms with Crippen LogP contribution in [0.15, 0.2) is 303 Å². The molecular formula is C111H108N28O10S. The number of rotatable bonds is 28. The number of carbonyl (C=O) groups is 4. The summed E-state index contributed by atoms with van der Waals surface area (Å²) < 4.78 is 48.7. The summed E-state index contributed by atoms with van der Waals surface area (Å²) >= 11 is 0. The second-order valence-corrected chi connectivity index (χ2v) is 38.3. The van der Waals surface area contributed by atoms with Crippen molar-refractivity contribution >= 4 is 118 Å². The van der Waals surface area contributed by atoms with Crippen molar-refractivity contribution in [2.24, 2.45) is 0 Å². The van der Waals surface area contributed by atoms with Crippen LogP contribution < -0.4 is 31.9 Å². The van der Waals surface area contributed by atoms with Gasteiger partial charge in [0.15, 0.2) is 29.0 Å². The molecule has 0 bridgehead atoms. The number of nitrogens with zero attached hydrogens (tertiary/aromatic N) is 14. The number of imidazole rings is 4. The summed E-state index contributed by atoms with van der Waals surface area (Å²) in [7, 11) is -3.82. The molecule has 10 aromatic heterocycles. The van der Waals surface area contributed by atoms with Crippen LogP contribution >= 0.6 is 0 Å². The fraction of sp³-hybridized carbons (Fsp3) is 0.198. The molecule has 4 amide bonds. The number of anilines is 7. The second-order valence-electron chi connectivity index (χ2n) is 36.5. The van der Waals surface area contributed by atoms with Crippen molar-refractivity contribution < 1.29 is 46.5 Å². The van der Waals surface area contributed by atoms with Crippen LogP contribution in [0.4, 0.5) is 39.8 Å². The lowest BCUT2D eigenvalue weighted by Crippen LogP contribution is -2.35. The Morgan fingerprint density at radius 3 is 1.17 bits per heavy atom. The van der Waals surface area contributed by atoms with Gasteiger partial charge in [0.2, 0.25) is 0 Å². The van der Waals surface area contributed by atoms with E-state index in [1.54, 1.807) is 61.2 Å². The van der Waals surface area contributed by atoms with Gasteiger partial charge in [-0.15, -0.1) is 0 Å². The molecule has 24 rings (SSSR count). The molecule has 0 spiro atoms. The largest absolute Gasteiger partial charge is 0.380 e. The normalized spacial score (nSPS) is 14.2. The summed E-state index contributed by atoms with van der Waals surface area (Å²) in [5.41, 5.74) is 24.0. The predicted octanol–water partition coefficient (Wildman–Crippen LogP) is 16.9. The molecule has 0 saturated carbocycles. The van der Waals surface area contributed by atoms with Gasteiger partial charge in [-0.1, -0.05) is 151 Å². The van der Waals surface area contributed by atoms with Gasteiger partial charge in [-0.2, -0.15) is 20.4 Å². The Morgan fingerprint density at radius 1 is 0.360 bits per heavy atom. The topological polar surface area (TPSA) is 472 Å². The number of para-hydroxylation sites is 2. The lowest BCUT2D eigenvalue weighted by molar-refractivity contribution is 0.0341. The number of morpholine rings is 4. The van der Waals surface area contributed by atoms with Gasteiger partial charge in [0.05, 0.1) is 166 Å². The van der Waals surface area contributed by atoms with E-state index in [0.717, 1.165) is 213 Å². The van der Waals surface area contributed by atoms with Crippen molar-refractivity contribution in [1.82, 2.24) is 109 Å². The molecule has 4 fully saturated rings. The summed E-state index contributed by atoms with van der Waals surface area (Å²) in [6, 6.07) is 81.1. The molecule has 0 atom stereocenters. The van der Waals surface area contributed by atoms with Gasteiger partial charge in [0, 0.05) is 121 Å². The minimum atomic E-state index is -3.82. The maximum Gasteiger partial charge on any atom is 0.276 e. The number of aromatic amines is 8. The van der Waals surface area contributed by atoms with Crippen molar-refractivity contribution in [2.45, 2.75) is 44.5 Å². The van der Waals surface area contributed by atoms with E-state index in [1.807, 2.05) is 171 Å². The molecule has 14 heterocycles. The number of amides is 4. The van der Waals surface area contributed by atoms with Gasteiger partial charge in [-0.3, -0.25) is 59.2 Å². The molecule has 4 saturated heterocycles. The maximum atomic E-state index is 13.3. The molecule has 0 aliphatic carbocycles. The number of nitrogens with one attached hydrogen (secondary N) is 14. The highest BCUT2D eigenvalue weighted by Gasteiger charge is 2.28. The van der Waals surface area contributed by atoms with Gasteiger partial charge in [-0.05, 0) is 155 Å². The number of H-pyrrole nitrogens is 8. The molecule has 39 heteroatoms. The first-order valence-electron chi connectivity index (χ1n) is 49.4. The summed E-state index contributed by atoms with van der Waals surface area (Å²) in [5, 5.41) is 46.8. The number of benzene rings is 10. The first-order valence-corrected chi connectivity index (χ1v) is 50.8. The average molecular weight is 2030 g/mol. The van der Waals surface area contributed by atoms with Crippen molar-refractivity contribution in [3.05, 3.63) is 354 Å². The molecule has 0 radical (unpaired) electrons. The minimum Gasteiger partial charge on any atom is -0.380 e. The smallest absolute Gasteiger partial charge is 0.276 e. The number of pyridine rings is 1. The number of aromatic nitrogens is 18. The van der Waals surface area contributed by atoms with Crippen molar-refractivity contribution in [3.63, 3.8) is 0 Å². The fourth-order valence-electron chi connectivity index (χ4n) is 18.2. The number of hydrogen-bond acceptors (Lipinski definition) is 25. The third-order valence-electron chi connectivity index (χ3n) is 26.1. The van der Waals surface area contributed by atoms with Crippen molar-refractivity contribution in [2.75, 3.05) is 137 Å². The summed E-state index contributed by atoms with van der Waals surface area (Å²) in [6.45, 7) is 19.5. The van der Waals surface area contributed by atoms with Crippen LogP contribution in [-0.2, 0) is 61.7 Å². The van der Waals surface area contributed by atoms with E-state index < -0.39 is 15.9 Å². The molecule has 20 aromatic rings. The SMILES string of the molecule is Cc1ccc(S(=O)(=O)n2ccc(C(=O)Nc3cn[nH]c3-c3nc4ccc(CN5CCOCC5)cc4[nH]3)c2)cc1.O=C(Nc1cn[nH]c1-c1nc2ccc(CN3CCOCC3)cc2[nH]1)c1ccccc1-c1ccccc1.O=C(Nc1cn[nH]c1-c1nc2ccc(CN3CCOCC3)cc2[nH]1)c1ccccc1NCc1ccccc1.O=C(Nc1cn[nH]c1-c1nc2ccc(CN3CCOCC3)cc2[nH]1)c1ncccc1Nc1ccccc1. The highest BCUT2D eigenvalue weighted by atomic mass is 32.2. The Labute approximate surface area is 861 Å². The first-order chi connectivity index (χ1) is 73.6. The Balaban J connectivity index is 0.000000117. The van der Waals surface area contributed by atoms with E-state index in [1.165, 1.54) is 46.9 Å². The Morgan fingerprint density at radius 2 is 0.733 bits per heavy atom. The van der Waals surface area contributed by atoms with Crippen molar-refractivity contribution in [3.8, 4) is 57.2 Å². The molecule has 14 N–H and O–H groups in total. The Bertz CT molecular complexity index is 8210. The second kappa shape index (κ2) is 46.0. The highest BCUT2D eigenvalue weighted by molar-refractivity contribution is 7.90. The monoisotopic (exact) mass is 2020 g/mol. The van der Waals surface area contributed by atoms with Crippen LogP contribution in [0.5, 0.6) is 0 Å². The standard InChI is InChI=1S/C29H29N7O2.C28H26N6O2.C27H26N8O2.C27H27N7O4S/c37-29(22-8-4-5-9-23(22)30-17-20-6-2-1-3-7-20)34-26-18-31-35-27(26)28-32-24-11-10-21(16-25(24)33-28)19-36-12-14-38-15-13-36;35-28(22-9-5-4-8-21(22)20-6-2-1-3-7-20)32-25-17-29-33-26(25)27-30-23-11-10-19(16-24(23)31-27)18-34-12-14-36-15-13-34;36-27(25-21(7-4-10-28-25)30-19-5-2-1-3-6-19)33-23-16-29-34-24(23)26-31-20-9-8-18(15-22(20)32-26)17-35-11-13-37-14-12-35;1-18-2-5-21(6-3-18)39(36,37)34-9-8-20(17-34)27(35)31-24-15-28-32-25(24)26-29-22-7-4-19(14-23(22)30-26)16-33-10-12-38-13-11-33/h1-11,16,18,30H,12-15,17,19H2,(H,31,35)(H,32,33)(H,34,37);1-11,16-17H,12-15,18H2,(H,29,33)(H,30,31)(H,32,35);1-10,15-16,30H,11-14,17H2,(H,29,34)(H,31,32)(H,33,36);2-9,14-15,17H,10-13,16H2,1H3,(H,28,32)(H,29,30)(H,31,35). The molecule has 0 unspecified atom stereocenters. The number of hydrogen-bond donors (Lipinski definition) is 14. The highest BCUT2D eigenvalue weighted by Crippen LogP contribution is 2.36. The van der Waals surface area contributed by atoms with Crippen LogP contribution in [0, 0.1) is 6.92 Å². The maximum absolute atomic E-state index is 13.3. The average Bonchev–Trinajstić information content (AvgIpc) is 1.65. The minimum absolute atomic E-state index is 0.144. The van der Waals surface area contributed by atoms with Gasteiger partial charge >= 0.3 is 0 Å². The van der Waals surface area contributed by atoms with Crippen LogP contribution in [-0.4, -0.2) is 246 Å². The number of carbonyl (C=O) groups excluding carboxylic acids is 4. The molecule has 4 aliphatic rings. The van der Waals surface area contributed by atoms with E-state index in [4.69, 9.17) is 33.9 Å². The third-order valence-corrected chi connectivity index (χ3v) is 27.7. The fourth-order valence-corrected chi connectivity index (χ4v) is 19.4. The molecule has 4 aliphatic heterocycles. The van der Waals surface area contributed by atoms with Crippen molar-refractivity contribution in [1.29, 1.82) is 0 Å². The molecule has 150 heavy (non-hydrogen) atoms. The first kappa shape index (κ1) is 98.5. The Hall–Kier alpha value is -17.5. The number of aryl methyl sites for hydroxylation is 1. The van der Waals surface area contributed by atoms with Gasteiger partial charge in [0.1, 0.15) is 22.8 Å². The molecule has 10 aromatic carbocycles. The van der Waals surface area contributed by atoms with E-state index in [2.05, 4.69) is 171 Å². The zero-order chi connectivity index (χ0) is 102. The van der Waals surface area contributed by atoms with E-state index in [-0.39, 0.29) is 33.9 Å². The van der Waals surface area contributed by atoms with E-state index >= 15 is 0 Å². The zero-order valence-electron chi connectivity index (χ0n) is 81.9. The van der Waals surface area contributed by atoms with E-state index in [9.17, 15) is 27.6 Å². The van der Waals surface area contributed by atoms with Gasteiger partial charge in [0.25, 0.3) is 33.7 Å².